The predicted octanol–water partition coefficient (Wildman–Crippen LogP) is 1.09. The number of nitrogens with zero attached hydrogens (tertiary/aromatic N) is 2. The minimum atomic E-state index is -3.55. The highest BCUT2D eigenvalue weighted by atomic mass is 32.2. The van der Waals surface area contributed by atoms with Crippen molar-refractivity contribution in [2.45, 2.75) is 25.7 Å². The van der Waals surface area contributed by atoms with Gasteiger partial charge in [-0.3, -0.25) is 4.98 Å². The molecule has 0 atom stereocenters. The fourth-order valence-electron chi connectivity index (χ4n) is 1.72. The molecule has 6 heteroatoms. The lowest BCUT2D eigenvalue weighted by Gasteiger charge is -2.22. The standard InChI is InChI=1S/C14H20N2O3S/c1-4-16(11-12(2)3)20(18,19)14-8-13(6-5-7-17)9-15-10-14/h8-10,12,17H,4,7,11H2,1-3H3. The Morgan fingerprint density at radius 1 is 1.40 bits per heavy atom. The molecule has 0 saturated carbocycles. The molecule has 1 N–H and O–H groups in total. The van der Waals surface area contributed by atoms with Crippen LogP contribution in [0.3, 0.4) is 0 Å². The third kappa shape index (κ3) is 4.30. The maximum atomic E-state index is 12.5. The van der Waals surface area contributed by atoms with Crippen molar-refractivity contribution in [3.63, 3.8) is 0 Å². The number of rotatable bonds is 5. The predicted molar refractivity (Wildman–Crippen MR) is 77.5 cm³/mol. The molecular weight excluding hydrogens is 276 g/mol. The van der Waals surface area contributed by atoms with E-state index in [1.807, 2.05) is 20.8 Å². The minimum Gasteiger partial charge on any atom is -0.384 e. The first-order chi connectivity index (χ1) is 9.41. The van der Waals surface area contributed by atoms with E-state index in [2.05, 4.69) is 16.8 Å². The van der Waals surface area contributed by atoms with Crippen molar-refractivity contribution in [1.82, 2.24) is 9.29 Å². The molecule has 0 unspecified atom stereocenters. The molecule has 0 saturated heterocycles. The number of hydrogen-bond acceptors (Lipinski definition) is 4. The molecule has 20 heavy (non-hydrogen) atoms. The number of aliphatic hydroxyl groups excluding tert-OH is 1. The van der Waals surface area contributed by atoms with Gasteiger partial charge in [-0.15, -0.1) is 0 Å². The van der Waals surface area contributed by atoms with E-state index in [-0.39, 0.29) is 17.4 Å². The zero-order valence-electron chi connectivity index (χ0n) is 12.0. The highest BCUT2D eigenvalue weighted by molar-refractivity contribution is 7.89. The van der Waals surface area contributed by atoms with Gasteiger partial charge >= 0.3 is 0 Å². The Hall–Kier alpha value is -1.42. The lowest BCUT2D eigenvalue weighted by molar-refractivity contribution is 0.350. The van der Waals surface area contributed by atoms with Gasteiger partial charge in [0.15, 0.2) is 0 Å². The van der Waals surface area contributed by atoms with Crippen LogP contribution >= 0.6 is 0 Å². The second-order valence-corrected chi connectivity index (χ2v) is 6.66. The van der Waals surface area contributed by atoms with E-state index < -0.39 is 10.0 Å². The van der Waals surface area contributed by atoms with Crippen molar-refractivity contribution < 1.29 is 13.5 Å². The van der Waals surface area contributed by atoms with Crippen LogP contribution in [-0.4, -0.2) is 42.5 Å². The van der Waals surface area contributed by atoms with Crippen LogP contribution in [0.25, 0.3) is 0 Å². The smallest absolute Gasteiger partial charge is 0.244 e. The summed E-state index contributed by atoms with van der Waals surface area (Å²) < 4.78 is 26.5. The highest BCUT2D eigenvalue weighted by Gasteiger charge is 2.24. The fourth-order valence-corrected chi connectivity index (χ4v) is 3.33. The third-order valence-electron chi connectivity index (χ3n) is 2.58. The fraction of sp³-hybridized carbons (Fsp3) is 0.500. The van der Waals surface area contributed by atoms with Gasteiger partial charge in [0.2, 0.25) is 10.0 Å². The van der Waals surface area contributed by atoms with Gasteiger partial charge in [0.05, 0.1) is 0 Å². The monoisotopic (exact) mass is 296 g/mol. The molecule has 5 nitrogen and oxygen atoms in total. The summed E-state index contributed by atoms with van der Waals surface area (Å²) in [4.78, 5) is 4.04. The van der Waals surface area contributed by atoms with E-state index in [4.69, 9.17) is 5.11 Å². The van der Waals surface area contributed by atoms with Crippen LogP contribution < -0.4 is 0 Å². The average Bonchev–Trinajstić information content (AvgIpc) is 2.42. The van der Waals surface area contributed by atoms with Crippen LogP contribution in [0.1, 0.15) is 26.3 Å². The third-order valence-corrected chi connectivity index (χ3v) is 4.49. The Kier molecular flexibility index (Phi) is 6.14. The Morgan fingerprint density at radius 3 is 2.65 bits per heavy atom. The van der Waals surface area contributed by atoms with Gasteiger partial charge in [0, 0.05) is 31.0 Å². The van der Waals surface area contributed by atoms with E-state index >= 15 is 0 Å². The maximum absolute atomic E-state index is 12.5. The number of sulfonamides is 1. The second-order valence-electron chi connectivity index (χ2n) is 4.72. The Labute approximate surface area is 120 Å². The van der Waals surface area contributed by atoms with Crippen molar-refractivity contribution >= 4 is 10.0 Å². The maximum Gasteiger partial charge on any atom is 0.244 e. The van der Waals surface area contributed by atoms with Crippen molar-refractivity contribution in [2.24, 2.45) is 5.92 Å². The van der Waals surface area contributed by atoms with E-state index in [1.165, 1.54) is 22.8 Å². The SMILES string of the molecule is CCN(CC(C)C)S(=O)(=O)c1cncc(C#CCO)c1. The van der Waals surface area contributed by atoms with Gasteiger partial charge < -0.3 is 5.11 Å². The minimum absolute atomic E-state index is 0.129. The largest absolute Gasteiger partial charge is 0.384 e. The van der Waals surface area contributed by atoms with Crippen LogP contribution in [0.4, 0.5) is 0 Å². The lowest BCUT2D eigenvalue weighted by Crippen LogP contribution is -2.34. The van der Waals surface area contributed by atoms with Crippen molar-refractivity contribution in [2.75, 3.05) is 19.7 Å². The van der Waals surface area contributed by atoms with Gasteiger partial charge in [-0.2, -0.15) is 4.31 Å². The molecule has 0 bridgehead atoms. The van der Waals surface area contributed by atoms with Crippen LogP contribution in [0.15, 0.2) is 23.4 Å². The molecule has 110 valence electrons. The summed E-state index contributed by atoms with van der Waals surface area (Å²) in [6, 6.07) is 1.48. The van der Waals surface area contributed by atoms with Crippen LogP contribution in [-0.2, 0) is 10.0 Å². The molecule has 0 aliphatic carbocycles. The zero-order chi connectivity index (χ0) is 15.2. The normalized spacial score (nSPS) is 11.5. The molecule has 0 aliphatic heterocycles. The average molecular weight is 296 g/mol. The Bertz CT molecular complexity index is 600. The Morgan fingerprint density at radius 2 is 2.10 bits per heavy atom. The van der Waals surface area contributed by atoms with Crippen molar-refractivity contribution in [1.29, 1.82) is 0 Å². The number of hydrogen-bond donors (Lipinski definition) is 1. The van der Waals surface area contributed by atoms with Gasteiger partial charge in [0.1, 0.15) is 11.5 Å². The van der Waals surface area contributed by atoms with Crippen molar-refractivity contribution in [3.05, 3.63) is 24.0 Å². The topological polar surface area (TPSA) is 70.5 Å². The molecule has 0 fully saturated rings. The number of pyridine rings is 1. The van der Waals surface area contributed by atoms with Crippen LogP contribution in [0.2, 0.25) is 0 Å². The quantitative estimate of drug-likeness (QED) is 0.826. The summed E-state index contributed by atoms with van der Waals surface area (Å²) in [7, 11) is -3.55. The summed E-state index contributed by atoms with van der Waals surface area (Å²) in [5.41, 5.74) is 0.473. The first-order valence-corrected chi connectivity index (χ1v) is 7.90. The van der Waals surface area contributed by atoms with E-state index in [0.717, 1.165) is 0 Å². The zero-order valence-corrected chi connectivity index (χ0v) is 12.8. The first kappa shape index (κ1) is 16.6. The van der Waals surface area contributed by atoms with Crippen molar-refractivity contribution in [3.8, 4) is 11.8 Å². The van der Waals surface area contributed by atoms with Gasteiger partial charge in [-0.25, -0.2) is 8.42 Å². The first-order valence-electron chi connectivity index (χ1n) is 6.46. The molecule has 0 aliphatic rings. The molecule has 1 rings (SSSR count). The summed E-state index contributed by atoms with van der Waals surface area (Å²) in [6.45, 7) is 6.35. The van der Waals surface area contributed by atoms with Gasteiger partial charge in [-0.1, -0.05) is 32.6 Å². The molecular formula is C14H20N2O3S. The highest BCUT2D eigenvalue weighted by Crippen LogP contribution is 2.17. The van der Waals surface area contributed by atoms with E-state index in [9.17, 15) is 8.42 Å². The molecule has 0 spiro atoms. The van der Waals surface area contributed by atoms with E-state index in [1.54, 1.807) is 0 Å². The molecule has 1 aromatic heterocycles. The van der Waals surface area contributed by atoms with E-state index in [0.29, 0.717) is 18.7 Å². The van der Waals surface area contributed by atoms with Crippen LogP contribution in [0, 0.1) is 17.8 Å². The molecule has 1 heterocycles. The summed E-state index contributed by atoms with van der Waals surface area (Å²) in [5.74, 6) is 5.38. The summed E-state index contributed by atoms with van der Waals surface area (Å²) in [6.07, 6.45) is 2.79. The number of aliphatic hydroxyl groups is 1. The van der Waals surface area contributed by atoms with Crippen LogP contribution in [0.5, 0.6) is 0 Å². The molecule has 0 amide bonds. The summed E-state index contributed by atoms with van der Waals surface area (Å²) in [5, 5.41) is 8.66. The van der Waals surface area contributed by atoms with Gasteiger partial charge in [-0.05, 0) is 12.0 Å². The molecule has 1 aromatic rings. The summed E-state index contributed by atoms with van der Waals surface area (Å²) >= 11 is 0. The second kappa shape index (κ2) is 7.39. The lowest BCUT2D eigenvalue weighted by atomic mass is 10.2. The number of aromatic nitrogens is 1. The molecule has 0 aromatic carbocycles. The molecule has 0 radical (unpaired) electrons. The Balaban J connectivity index is 3.14. The van der Waals surface area contributed by atoms with Gasteiger partial charge in [0.25, 0.3) is 0 Å².